The minimum atomic E-state index is -4.54. The highest BCUT2D eigenvalue weighted by atomic mass is 19.4. The molecule has 4 rings (SSSR count). The number of cyclic esters (lactones) is 1. The summed E-state index contributed by atoms with van der Waals surface area (Å²) >= 11 is 0. The maximum atomic E-state index is 13.6. The molecule has 2 aliphatic rings. The largest absolute Gasteiger partial charge is 0.446 e. The Hall–Kier alpha value is -3.55. The number of halogens is 5. The van der Waals surface area contributed by atoms with Crippen LogP contribution in [0.3, 0.4) is 0 Å². The van der Waals surface area contributed by atoms with Gasteiger partial charge >= 0.3 is 18.3 Å². The quantitative estimate of drug-likeness (QED) is 0.451. The number of anilines is 1. The van der Waals surface area contributed by atoms with Crippen LogP contribution in [0, 0.1) is 11.6 Å². The van der Waals surface area contributed by atoms with E-state index in [-0.39, 0.29) is 30.7 Å². The van der Waals surface area contributed by atoms with Crippen LogP contribution >= 0.6 is 0 Å². The zero-order valence-electron chi connectivity index (χ0n) is 18.9. The fourth-order valence-electron chi connectivity index (χ4n) is 4.08. The normalized spacial score (nSPS) is 18.9. The summed E-state index contributed by atoms with van der Waals surface area (Å²) in [5.41, 5.74) is -0.762. The number of nitrogens with one attached hydrogen (secondary N) is 2. The zero-order chi connectivity index (χ0) is 25.9. The summed E-state index contributed by atoms with van der Waals surface area (Å²) in [7, 11) is 0. The van der Waals surface area contributed by atoms with Crippen LogP contribution in [0.1, 0.15) is 30.1 Å². The van der Waals surface area contributed by atoms with Crippen molar-refractivity contribution in [3.8, 4) is 0 Å². The van der Waals surface area contributed by atoms with Crippen molar-refractivity contribution in [1.29, 1.82) is 0 Å². The molecular formula is C22H23F5N6O3. The first kappa shape index (κ1) is 25.5. The monoisotopic (exact) mass is 514 g/mol. The highest BCUT2D eigenvalue weighted by Gasteiger charge is 2.39. The molecule has 194 valence electrons. The molecule has 0 spiro atoms. The van der Waals surface area contributed by atoms with Gasteiger partial charge in [0.2, 0.25) is 5.95 Å². The first-order valence-corrected chi connectivity index (χ1v) is 11.2. The van der Waals surface area contributed by atoms with E-state index in [9.17, 15) is 31.5 Å². The fraction of sp³-hybridized carbons (Fsp3) is 0.455. The number of urea groups is 1. The molecule has 2 saturated heterocycles. The van der Waals surface area contributed by atoms with Gasteiger partial charge in [-0.1, -0.05) is 6.07 Å². The van der Waals surface area contributed by atoms with Gasteiger partial charge in [-0.3, -0.25) is 0 Å². The highest BCUT2D eigenvalue weighted by Crippen LogP contribution is 2.29. The molecule has 0 saturated carbocycles. The Bertz CT molecular complexity index is 1110. The minimum Gasteiger partial charge on any atom is -0.446 e. The van der Waals surface area contributed by atoms with Gasteiger partial charge in [-0.05, 0) is 36.6 Å². The van der Waals surface area contributed by atoms with Crippen LogP contribution in [0.4, 0.5) is 37.5 Å². The van der Waals surface area contributed by atoms with Crippen LogP contribution in [-0.4, -0.2) is 65.8 Å². The van der Waals surface area contributed by atoms with Gasteiger partial charge in [0.05, 0.1) is 0 Å². The van der Waals surface area contributed by atoms with Crippen molar-refractivity contribution in [2.24, 2.45) is 0 Å². The Morgan fingerprint density at radius 3 is 2.56 bits per heavy atom. The third kappa shape index (κ3) is 5.80. The molecule has 2 N–H and O–H groups in total. The number of imide groups is 1. The van der Waals surface area contributed by atoms with Crippen molar-refractivity contribution in [3.05, 3.63) is 53.4 Å². The van der Waals surface area contributed by atoms with Gasteiger partial charge in [0.15, 0.2) is 11.6 Å². The molecular weight excluding hydrogens is 491 g/mol. The smallest absolute Gasteiger partial charge is 0.433 e. The van der Waals surface area contributed by atoms with E-state index in [4.69, 9.17) is 4.74 Å². The lowest BCUT2D eigenvalue weighted by molar-refractivity contribution is -0.141. The van der Waals surface area contributed by atoms with Crippen molar-refractivity contribution in [3.63, 3.8) is 0 Å². The molecule has 2 aromatic rings. The Balaban J connectivity index is 1.22. The standard InChI is InChI=1S/C22H23F5N6O3/c23-15-2-1-13(11-16(15)24)17-12-36-21(35)33(17)20(34)30-8-7-28-14-4-9-32(10-5-14)19-29-6-3-18(31-19)22(25,26)27/h1-3,6,11,14,17,28H,4-5,7-10,12H2,(H,30,34). The number of ether oxygens (including phenoxy) is 1. The van der Waals surface area contributed by atoms with Crippen molar-refractivity contribution in [1.82, 2.24) is 25.5 Å². The average Bonchev–Trinajstić information content (AvgIpc) is 3.25. The van der Waals surface area contributed by atoms with Crippen LogP contribution in [0.15, 0.2) is 30.5 Å². The molecule has 2 fully saturated rings. The maximum absolute atomic E-state index is 13.6. The number of nitrogens with zero attached hydrogens (tertiary/aromatic N) is 4. The van der Waals surface area contributed by atoms with Crippen LogP contribution in [0.25, 0.3) is 0 Å². The number of piperidine rings is 1. The lowest BCUT2D eigenvalue weighted by atomic mass is 10.1. The predicted molar refractivity (Wildman–Crippen MR) is 116 cm³/mol. The summed E-state index contributed by atoms with van der Waals surface area (Å²) in [5, 5.41) is 5.85. The van der Waals surface area contributed by atoms with Crippen LogP contribution in [-0.2, 0) is 10.9 Å². The third-order valence-corrected chi connectivity index (χ3v) is 5.97. The molecule has 14 heteroatoms. The Labute approximate surface area is 202 Å². The van der Waals surface area contributed by atoms with Crippen LogP contribution < -0.4 is 15.5 Å². The molecule has 3 heterocycles. The number of carbonyl (C=O) groups excluding carboxylic acids is 2. The Morgan fingerprint density at radius 1 is 1.11 bits per heavy atom. The second-order valence-corrected chi connectivity index (χ2v) is 8.32. The first-order valence-electron chi connectivity index (χ1n) is 11.2. The topological polar surface area (TPSA) is 99.7 Å². The lowest BCUT2D eigenvalue weighted by Crippen LogP contribution is -2.47. The summed E-state index contributed by atoms with van der Waals surface area (Å²) < 4.78 is 70.4. The number of aromatic nitrogens is 2. The number of carbonyl (C=O) groups is 2. The fourth-order valence-corrected chi connectivity index (χ4v) is 4.08. The van der Waals surface area contributed by atoms with Crippen molar-refractivity contribution in [2.75, 3.05) is 37.7 Å². The number of hydrogen-bond donors (Lipinski definition) is 2. The number of alkyl halides is 3. The second kappa shape index (κ2) is 10.6. The molecule has 1 aromatic heterocycles. The van der Waals surface area contributed by atoms with Gasteiger partial charge < -0.3 is 20.3 Å². The van der Waals surface area contributed by atoms with E-state index in [1.807, 2.05) is 0 Å². The molecule has 1 aromatic carbocycles. The number of hydrogen-bond acceptors (Lipinski definition) is 7. The minimum absolute atomic E-state index is 0.0311. The van der Waals surface area contributed by atoms with Gasteiger partial charge in [-0.2, -0.15) is 13.2 Å². The average molecular weight is 514 g/mol. The zero-order valence-corrected chi connectivity index (χ0v) is 18.9. The summed E-state index contributed by atoms with van der Waals surface area (Å²) in [6.45, 7) is 1.28. The van der Waals surface area contributed by atoms with E-state index in [1.165, 1.54) is 6.07 Å². The van der Waals surface area contributed by atoms with Crippen molar-refractivity contribution < 1.29 is 36.3 Å². The second-order valence-electron chi connectivity index (χ2n) is 8.32. The Morgan fingerprint density at radius 2 is 1.86 bits per heavy atom. The molecule has 9 nitrogen and oxygen atoms in total. The van der Waals surface area contributed by atoms with Gasteiger partial charge in [-0.25, -0.2) is 33.2 Å². The van der Waals surface area contributed by atoms with E-state index in [0.29, 0.717) is 32.5 Å². The molecule has 0 radical (unpaired) electrons. The molecule has 1 atom stereocenters. The third-order valence-electron chi connectivity index (χ3n) is 5.97. The number of rotatable bonds is 6. The SMILES string of the molecule is O=C(NCCNC1CCN(c2nccc(C(F)(F)F)n2)CC1)N1C(=O)OCC1c1ccc(F)c(F)c1. The highest BCUT2D eigenvalue weighted by molar-refractivity contribution is 5.92. The van der Waals surface area contributed by atoms with Gasteiger partial charge in [0, 0.05) is 38.4 Å². The molecule has 0 bridgehead atoms. The van der Waals surface area contributed by atoms with Gasteiger partial charge in [-0.15, -0.1) is 0 Å². The van der Waals surface area contributed by atoms with Crippen LogP contribution in [0.5, 0.6) is 0 Å². The van der Waals surface area contributed by atoms with Gasteiger partial charge in [0.25, 0.3) is 0 Å². The van der Waals surface area contributed by atoms with Crippen LogP contribution in [0.2, 0.25) is 0 Å². The van der Waals surface area contributed by atoms with E-state index in [0.717, 1.165) is 29.3 Å². The van der Waals surface area contributed by atoms with Crippen molar-refractivity contribution >= 4 is 18.1 Å². The maximum Gasteiger partial charge on any atom is 0.433 e. The van der Waals surface area contributed by atoms with Crippen molar-refractivity contribution in [2.45, 2.75) is 31.1 Å². The summed E-state index contributed by atoms with van der Waals surface area (Å²) in [4.78, 5) is 34.7. The molecule has 1 unspecified atom stereocenters. The molecule has 36 heavy (non-hydrogen) atoms. The van der Waals surface area contributed by atoms with E-state index >= 15 is 0 Å². The number of benzene rings is 1. The lowest BCUT2D eigenvalue weighted by Gasteiger charge is -2.32. The molecule has 3 amide bonds. The summed E-state index contributed by atoms with van der Waals surface area (Å²) in [6, 6.07) is 2.39. The summed E-state index contributed by atoms with van der Waals surface area (Å²) in [6.07, 6.45) is -3.08. The number of amides is 3. The first-order chi connectivity index (χ1) is 17.1. The summed E-state index contributed by atoms with van der Waals surface area (Å²) in [5.74, 6) is -2.11. The van der Waals surface area contributed by atoms with Gasteiger partial charge in [0.1, 0.15) is 18.3 Å². The molecule has 0 aliphatic carbocycles. The Kier molecular flexibility index (Phi) is 7.52. The predicted octanol–water partition coefficient (Wildman–Crippen LogP) is 3.24. The molecule has 2 aliphatic heterocycles. The van der Waals surface area contributed by atoms with E-state index in [1.54, 1.807) is 4.90 Å². The van der Waals surface area contributed by atoms with E-state index < -0.39 is 41.7 Å². The van der Waals surface area contributed by atoms with E-state index in [2.05, 4.69) is 20.6 Å².